The lowest BCUT2D eigenvalue weighted by molar-refractivity contribution is -0.123. The Kier molecular flexibility index (Phi) is 5.83. The predicted octanol–water partition coefficient (Wildman–Crippen LogP) is 4.04. The zero-order valence-corrected chi connectivity index (χ0v) is 19.6. The summed E-state index contributed by atoms with van der Waals surface area (Å²) in [6.07, 6.45) is -0.347. The van der Waals surface area contributed by atoms with Crippen LogP contribution in [0.5, 0.6) is 23.0 Å². The van der Waals surface area contributed by atoms with Gasteiger partial charge in [0.15, 0.2) is 17.6 Å². The third kappa shape index (κ3) is 4.66. The van der Waals surface area contributed by atoms with Gasteiger partial charge in [0.2, 0.25) is 15.9 Å². The van der Waals surface area contributed by atoms with E-state index >= 15 is 0 Å². The molecule has 35 heavy (non-hydrogen) atoms. The van der Waals surface area contributed by atoms with E-state index in [1.807, 2.05) is 18.2 Å². The van der Waals surface area contributed by atoms with Crippen LogP contribution >= 0.6 is 0 Å². The Morgan fingerprint density at radius 3 is 2.46 bits per heavy atom. The van der Waals surface area contributed by atoms with Crippen molar-refractivity contribution in [3.8, 4) is 29.1 Å². The lowest BCUT2D eigenvalue weighted by atomic mass is 9.88. The molecular weight excluding hydrogens is 468 g/mol. The Bertz CT molecular complexity index is 1410. The van der Waals surface area contributed by atoms with Crippen LogP contribution in [0.3, 0.4) is 0 Å². The summed E-state index contributed by atoms with van der Waals surface area (Å²) in [5.41, 5.74) is 2.17. The first-order chi connectivity index (χ1) is 16.8. The van der Waals surface area contributed by atoms with Crippen molar-refractivity contribution in [1.82, 2.24) is 4.72 Å². The van der Waals surface area contributed by atoms with E-state index in [-0.39, 0.29) is 11.9 Å². The van der Waals surface area contributed by atoms with Gasteiger partial charge in [-0.05, 0) is 48.0 Å². The number of benzene rings is 3. The summed E-state index contributed by atoms with van der Waals surface area (Å²) < 4.78 is 44.0. The lowest BCUT2D eigenvalue weighted by Gasteiger charge is -2.28. The molecule has 8 nitrogen and oxygen atoms in total. The largest absolute Gasteiger partial charge is 0.485 e. The molecule has 3 aromatic carbocycles. The second kappa shape index (κ2) is 8.96. The highest BCUT2D eigenvalue weighted by Gasteiger charge is 2.37. The summed E-state index contributed by atoms with van der Waals surface area (Å²) in [4.78, 5) is 12.0. The van der Waals surface area contributed by atoms with Crippen LogP contribution in [0.1, 0.15) is 35.6 Å². The number of nitrogens with zero attached hydrogens (tertiary/aromatic N) is 1. The van der Waals surface area contributed by atoms with Crippen molar-refractivity contribution in [2.24, 2.45) is 5.92 Å². The number of hydrogen-bond donors (Lipinski definition) is 1. The molecule has 3 aromatic rings. The van der Waals surface area contributed by atoms with E-state index < -0.39 is 27.8 Å². The lowest BCUT2D eigenvalue weighted by Crippen LogP contribution is -2.46. The average molecular weight is 491 g/mol. The van der Waals surface area contributed by atoms with Crippen LogP contribution in [-0.4, -0.2) is 26.7 Å². The third-order valence-corrected chi connectivity index (χ3v) is 7.52. The van der Waals surface area contributed by atoms with Gasteiger partial charge >= 0.3 is 0 Å². The van der Waals surface area contributed by atoms with Gasteiger partial charge in [0.25, 0.3) is 0 Å². The maximum Gasteiger partial charge on any atom is 0.236 e. The van der Waals surface area contributed by atoms with Crippen LogP contribution in [-0.2, 0) is 14.8 Å². The van der Waals surface area contributed by atoms with Crippen LogP contribution in [0.15, 0.2) is 66.7 Å². The van der Waals surface area contributed by atoms with E-state index in [4.69, 9.17) is 19.5 Å². The monoisotopic (exact) mass is 490 g/mol. The Hall–Kier alpha value is -4.03. The van der Waals surface area contributed by atoms with Gasteiger partial charge < -0.3 is 14.2 Å². The number of rotatable bonds is 5. The Morgan fingerprint density at radius 2 is 1.74 bits per heavy atom. The molecule has 1 amide bonds. The molecule has 0 aromatic heterocycles. The number of nitrogens with one attached hydrogen (secondary N) is 1. The van der Waals surface area contributed by atoms with Crippen LogP contribution in [0.2, 0.25) is 0 Å². The molecule has 0 saturated carbocycles. The fourth-order valence-electron chi connectivity index (χ4n) is 4.29. The van der Waals surface area contributed by atoms with Gasteiger partial charge in [0, 0.05) is 17.4 Å². The SMILES string of the molecule is C[C@H]1C(=O)NS(=O)(=O)CC1c1ccc(O[C@@H]2COc3c(Oc4ccc(C#N)cc4)cccc32)cc1. The number of hydrogen-bond acceptors (Lipinski definition) is 7. The van der Waals surface area contributed by atoms with E-state index in [2.05, 4.69) is 10.8 Å². The first-order valence-electron chi connectivity index (χ1n) is 11.1. The van der Waals surface area contributed by atoms with Gasteiger partial charge in [0.1, 0.15) is 18.1 Å². The van der Waals surface area contributed by atoms with Gasteiger partial charge in [-0.2, -0.15) is 5.26 Å². The molecule has 1 saturated heterocycles. The molecule has 0 aliphatic carbocycles. The Morgan fingerprint density at radius 1 is 1.03 bits per heavy atom. The molecule has 178 valence electrons. The standard InChI is InChI=1S/C26H22N2O6S/c1-16-22(15-35(30,31)28-26(16)29)18-7-11-20(12-8-18)34-24-14-32-25-21(24)3-2-4-23(25)33-19-9-5-17(13-27)6-10-19/h2-12,16,22,24H,14-15H2,1H3,(H,28,29)/t16-,22?,24-/m1/s1. The molecule has 2 aliphatic heterocycles. The van der Waals surface area contributed by atoms with Gasteiger partial charge in [-0.3, -0.25) is 9.52 Å². The van der Waals surface area contributed by atoms with E-state index in [1.54, 1.807) is 55.5 Å². The number of amides is 1. The van der Waals surface area contributed by atoms with Gasteiger partial charge in [-0.15, -0.1) is 0 Å². The minimum atomic E-state index is -3.63. The maximum atomic E-state index is 12.0. The fraction of sp³-hybridized carbons (Fsp3) is 0.231. The number of sulfonamides is 1. The van der Waals surface area contributed by atoms with Gasteiger partial charge in [-0.25, -0.2) is 8.42 Å². The van der Waals surface area contributed by atoms with Gasteiger partial charge in [0.05, 0.1) is 17.4 Å². The van der Waals surface area contributed by atoms with Crippen molar-refractivity contribution >= 4 is 15.9 Å². The molecular formula is C26H22N2O6S. The van der Waals surface area contributed by atoms with E-state index in [1.165, 1.54) is 0 Å². The summed E-state index contributed by atoms with van der Waals surface area (Å²) >= 11 is 0. The molecule has 3 atom stereocenters. The Balaban J connectivity index is 1.31. The van der Waals surface area contributed by atoms with Crippen molar-refractivity contribution in [3.63, 3.8) is 0 Å². The van der Waals surface area contributed by atoms with E-state index in [0.717, 1.165) is 11.1 Å². The second-order valence-electron chi connectivity index (χ2n) is 8.54. The number of fused-ring (bicyclic) bond motifs is 1. The minimum absolute atomic E-state index is 0.133. The zero-order valence-electron chi connectivity index (χ0n) is 18.8. The minimum Gasteiger partial charge on any atom is -0.485 e. The fourth-order valence-corrected chi connectivity index (χ4v) is 5.82. The smallest absolute Gasteiger partial charge is 0.236 e. The summed E-state index contributed by atoms with van der Waals surface area (Å²) in [6.45, 7) is 2.03. The summed E-state index contributed by atoms with van der Waals surface area (Å²) in [6, 6.07) is 21.6. The number of ether oxygens (including phenoxy) is 3. The molecule has 1 N–H and O–H groups in total. The van der Waals surface area contributed by atoms with Gasteiger partial charge in [-0.1, -0.05) is 31.2 Å². The first-order valence-corrected chi connectivity index (χ1v) is 12.7. The highest BCUT2D eigenvalue weighted by Crippen LogP contribution is 2.43. The maximum absolute atomic E-state index is 12.0. The first kappa shape index (κ1) is 22.7. The molecule has 1 unspecified atom stereocenters. The zero-order chi connectivity index (χ0) is 24.6. The van der Waals surface area contributed by atoms with Crippen molar-refractivity contribution in [3.05, 3.63) is 83.4 Å². The number of nitriles is 1. The Labute approximate surface area is 203 Å². The summed E-state index contributed by atoms with van der Waals surface area (Å²) in [7, 11) is -3.63. The van der Waals surface area contributed by atoms with E-state index in [9.17, 15) is 13.2 Å². The van der Waals surface area contributed by atoms with Crippen LogP contribution in [0.4, 0.5) is 0 Å². The quantitative estimate of drug-likeness (QED) is 0.574. The highest BCUT2D eigenvalue weighted by atomic mass is 32.2. The molecule has 5 rings (SSSR count). The molecule has 2 heterocycles. The molecule has 0 radical (unpaired) electrons. The van der Waals surface area contributed by atoms with Crippen molar-refractivity contribution in [1.29, 1.82) is 5.26 Å². The molecule has 1 fully saturated rings. The predicted molar refractivity (Wildman–Crippen MR) is 127 cm³/mol. The van der Waals surface area contributed by atoms with Crippen molar-refractivity contribution in [2.75, 3.05) is 12.4 Å². The molecule has 9 heteroatoms. The van der Waals surface area contributed by atoms with Crippen molar-refractivity contribution < 1.29 is 27.4 Å². The number of para-hydroxylation sites is 1. The molecule has 0 spiro atoms. The van der Waals surface area contributed by atoms with E-state index in [0.29, 0.717) is 35.2 Å². The highest BCUT2D eigenvalue weighted by molar-refractivity contribution is 7.90. The normalized spacial score (nSPS) is 22.3. The molecule has 0 bridgehead atoms. The van der Waals surface area contributed by atoms with Crippen LogP contribution in [0.25, 0.3) is 0 Å². The number of carbonyl (C=O) groups excluding carboxylic acids is 1. The number of carbonyl (C=O) groups is 1. The summed E-state index contributed by atoms with van der Waals surface area (Å²) in [5, 5.41) is 8.95. The van der Waals surface area contributed by atoms with Crippen molar-refractivity contribution in [2.45, 2.75) is 18.9 Å². The summed E-state index contributed by atoms with van der Waals surface area (Å²) in [5.74, 6) is 0.866. The second-order valence-corrected chi connectivity index (χ2v) is 10.3. The average Bonchev–Trinajstić information content (AvgIpc) is 3.26. The third-order valence-electron chi connectivity index (χ3n) is 6.21. The topological polar surface area (TPSA) is 115 Å². The molecule has 2 aliphatic rings. The van der Waals surface area contributed by atoms with Crippen LogP contribution in [0, 0.1) is 17.2 Å². The van der Waals surface area contributed by atoms with Crippen LogP contribution < -0.4 is 18.9 Å².